The first kappa shape index (κ1) is 11.2. The second kappa shape index (κ2) is 4.39. The molecule has 2 saturated heterocycles. The second-order valence-electron chi connectivity index (χ2n) is 5.56. The van der Waals surface area contributed by atoms with Crippen LogP contribution in [-0.2, 0) is 6.54 Å². The van der Waals surface area contributed by atoms with Crippen LogP contribution in [0, 0.1) is 17.7 Å². The lowest BCUT2D eigenvalue weighted by Gasteiger charge is -2.18. The molecule has 2 fully saturated rings. The van der Waals surface area contributed by atoms with Gasteiger partial charge in [-0.1, -0.05) is 12.1 Å². The number of fused-ring (bicyclic) bond motifs is 1. The van der Waals surface area contributed by atoms with Crippen LogP contribution in [0.15, 0.2) is 24.3 Å². The number of nitrogens with zero attached hydrogens (tertiary/aromatic N) is 2. The molecule has 0 N–H and O–H groups in total. The van der Waals surface area contributed by atoms with E-state index in [0.29, 0.717) is 0 Å². The maximum atomic E-state index is 12.8. The first-order chi connectivity index (χ1) is 8.20. The van der Waals surface area contributed by atoms with Gasteiger partial charge in [0.15, 0.2) is 0 Å². The SMILES string of the molecule is CN1C[C@@H]2CN(Cc3ccc(F)cc3)C[C@@H]2C1. The summed E-state index contributed by atoms with van der Waals surface area (Å²) >= 11 is 0. The molecule has 0 aliphatic carbocycles. The van der Waals surface area contributed by atoms with Crippen LogP contribution >= 0.6 is 0 Å². The topological polar surface area (TPSA) is 6.48 Å². The van der Waals surface area contributed by atoms with Gasteiger partial charge >= 0.3 is 0 Å². The van der Waals surface area contributed by atoms with Crippen molar-refractivity contribution < 1.29 is 4.39 Å². The van der Waals surface area contributed by atoms with E-state index in [1.165, 1.54) is 31.7 Å². The summed E-state index contributed by atoms with van der Waals surface area (Å²) in [7, 11) is 2.21. The van der Waals surface area contributed by atoms with E-state index >= 15 is 0 Å². The molecule has 0 amide bonds. The fourth-order valence-corrected chi connectivity index (χ4v) is 3.30. The number of likely N-dealkylation sites (tertiary alicyclic amines) is 2. The smallest absolute Gasteiger partial charge is 0.123 e. The van der Waals surface area contributed by atoms with Gasteiger partial charge in [0, 0.05) is 32.7 Å². The Bertz CT molecular complexity index is 376. The third-order valence-electron chi connectivity index (χ3n) is 4.06. The number of rotatable bonds is 2. The normalized spacial score (nSPS) is 29.8. The highest BCUT2D eigenvalue weighted by Crippen LogP contribution is 2.30. The van der Waals surface area contributed by atoms with E-state index < -0.39 is 0 Å². The fraction of sp³-hybridized carbons (Fsp3) is 0.571. The van der Waals surface area contributed by atoms with Crippen molar-refractivity contribution in [1.29, 1.82) is 0 Å². The largest absolute Gasteiger partial charge is 0.306 e. The van der Waals surface area contributed by atoms with Gasteiger partial charge < -0.3 is 4.90 Å². The molecular formula is C14H19FN2. The van der Waals surface area contributed by atoms with Gasteiger partial charge in [0.1, 0.15) is 5.82 Å². The molecule has 92 valence electrons. The molecule has 0 aromatic heterocycles. The lowest BCUT2D eigenvalue weighted by atomic mass is 10.0. The molecule has 0 bridgehead atoms. The molecule has 0 spiro atoms. The van der Waals surface area contributed by atoms with Crippen molar-refractivity contribution in [2.24, 2.45) is 11.8 Å². The highest BCUT2D eigenvalue weighted by molar-refractivity contribution is 5.16. The predicted molar refractivity (Wildman–Crippen MR) is 66.2 cm³/mol. The highest BCUT2D eigenvalue weighted by atomic mass is 19.1. The standard InChI is InChI=1S/C14H19FN2/c1-16-7-12-9-17(10-13(12)8-16)6-11-2-4-14(15)5-3-11/h2-5,12-13H,6-10H2,1H3/t12-,13+. The van der Waals surface area contributed by atoms with Crippen molar-refractivity contribution in [3.05, 3.63) is 35.6 Å². The molecular weight excluding hydrogens is 215 g/mol. The van der Waals surface area contributed by atoms with E-state index in [9.17, 15) is 4.39 Å². The minimum atomic E-state index is -0.145. The van der Waals surface area contributed by atoms with Gasteiger partial charge in [0.2, 0.25) is 0 Å². The molecule has 1 aromatic carbocycles. The molecule has 2 nitrogen and oxygen atoms in total. The van der Waals surface area contributed by atoms with Crippen molar-refractivity contribution in [3.63, 3.8) is 0 Å². The summed E-state index contributed by atoms with van der Waals surface area (Å²) < 4.78 is 12.8. The first-order valence-corrected chi connectivity index (χ1v) is 6.36. The van der Waals surface area contributed by atoms with Crippen LogP contribution < -0.4 is 0 Å². The summed E-state index contributed by atoms with van der Waals surface area (Å²) in [5.41, 5.74) is 1.22. The van der Waals surface area contributed by atoms with Gasteiger partial charge in [0.25, 0.3) is 0 Å². The van der Waals surface area contributed by atoms with Gasteiger partial charge in [-0.05, 0) is 36.6 Å². The average Bonchev–Trinajstić information content (AvgIpc) is 2.78. The van der Waals surface area contributed by atoms with Crippen LogP contribution in [0.4, 0.5) is 4.39 Å². The molecule has 0 unspecified atom stereocenters. The summed E-state index contributed by atoms with van der Waals surface area (Å²) in [5, 5.41) is 0. The second-order valence-corrected chi connectivity index (χ2v) is 5.56. The molecule has 2 heterocycles. The van der Waals surface area contributed by atoms with Crippen molar-refractivity contribution in [3.8, 4) is 0 Å². The van der Waals surface area contributed by atoms with Crippen LogP contribution in [0.5, 0.6) is 0 Å². The third kappa shape index (κ3) is 2.35. The number of benzene rings is 1. The fourth-order valence-electron chi connectivity index (χ4n) is 3.30. The van der Waals surface area contributed by atoms with E-state index in [4.69, 9.17) is 0 Å². The van der Waals surface area contributed by atoms with E-state index in [2.05, 4.69) is 16.8 Å². The van der Waals surface area contributed by atoms with E-state index in [0.717, 1.165) is 18.4 Å². The summed E-state index contributed by atoms with van der Waals surface area (Å²) in [6, 6.07) is 6.91. The van der Waals surface area contributed by atoms with Gasteiger partial charge in [-0.2, -0.15) is 0 Å². The Morgan fingerprint density at radius 1 is 1.06 bits per heavy atom. The molecule has 1 aromatic rings. The zero-order chi connectivity index (χ0) is 11.8. The highest BCUT2D eigenvalue weighted by Gasteiger charge is 2.38. The van der Waals surface area contributed by atoms with Gasteiger partial charge in [-0.15, -0.1) is 0 Å². The molecule has 3 heteroatoms. The Kier molecular flexibility index (Phi) is 2.89. The van der Waals surface area contributed by atoms with Gasteiger partial charge in [-0.25, -0.2) is 4.39 Å². The Morgan fingerprint density at radius 3 is 2.24 bits per heavy atom. The van der Waals surface area contributed by atoms with Crippen LogP contribution in [0.3, 0.4) is 0 Å². The van der Waals surface area contributed by atoms with E-state index in [-0.39, 0.29) is 5.82 Å². The first-order valence-electron chi connectivity index (χ1n) is 6.36. The summed E-state index contributed by atoms with van der Waals surface area (Å²) in [5.74, 6) is 1.55. The number of hydrogen-bond acceptors (Lipinski definition) is 2. The molecule has 0 saturated carbocycles. The third-order valence-corrected chi connectivity index (χ3v) is 4.06. The lowest BCUT2D eigenvalue weighted by molar-refractivity contribution is 0.272. The van der Waals surface area contributed by atoms with Gasteiger partial charge in [0.05, 0.1) is 0 Å². The minimum absolute atomic E-state index is 0.145. The molecule has 2 aliphatic rings. The van der Waals surface area contributed by atoms with Crippen molar-refractivity contribution >= 4 is 0 Å². The predicted octanol–water partition coefficient (Wildman–Crippen LogP) is 1.82. The Hall–Kier alpha value is -0.930. The molecule has 17 heavy (non-hydrogen) atoms. The Balaban J connectivity index is 1.60. The molecule has 0 radical (unpaired) electrons. The van der Waals surface area contributed by atoms with Gasteiger partial charge in [-0.3, -0.25) is 4.90 Å². The Morgan fingerprint density at radius 2 is 1.65 bits per heavy atom. The minimum Gasteiger partial charge on any atom is -0.306 e. The Labute approximate surface area is 102 Å². The van der Waals surface area contributed by atoms with Crippen molar-refractivity contribution in [2.75, 3.05) is 33.2 Å². The zero-order valence-corrected chi connectivity index (χ0v) is 10.3. The maximum absolute atomic E-state index is 12.8. The summed E-state index contributed by atoms with van der Waals surface area (Å²) in [6.07, 6.45) is 0. The van der Waals surface area contributed by atoms with Crippen molar-refractivity contribution in [1.82, 2.24) is 9.80 Å². The van der Waals surface area contributed by atoms with E-state index in [1.54, 1.807) is 12.1 Å². The van der Waals surface area contributed by atoms with E-state index in [1.807, 2.05) is 12.1 Å². The van der Waals surface area contributed by atoms with Crippen LogP contribution in [-0.4, -0.2) is 43.0 Å². The monoisotopic (exact) mass is 234 g/mol. The van der Waals surface area contributed by atoms with Crippen molar-refractivity contribution in [2.45, 2.75) is 6.54 Å². The summed E-state index contributed by atoms with van der Waals surface area (Å²) in [4.78, 5) is 4.94. The molecule has 2 atom stereocenters. The number of hydrogen-bond donors (Lipinski definition) is 0. The van der Waals surface area contributed by atoms with Crippen LogP contribution in [0.1, 0.15) is 5.56 Å². The molecule has 2 aliphatic heterocycles. The maximum Gasteiger partial charge on any atom is 0.123 e. The summed E-state index contributed by atoms with van der Waals surface area (Å²) in [6.45, 7) is 5.85. The quantitative estimate of drug-likeness (QED) is 0.770. The zero-order valence-electron chi connectivity index (χ0n) is 10.3. The van der Waals surface area contributed by atoms with Crippen LogP contribution in [0.2, 0.25) is 0 Å². The number of halogens is 1. The molecule has 3 rings (SSSR count). The average molecular weight is 234 g/mol. The van der Waals surface area contributed by atoms with Crippen LogP contribution in [0.25, 0.3) is 0 Å². The lowest BCUT2D eigenvalue weighted by Crippen LogP contribution is -2.26.